The summed E-state index contributed by atoms with van der Waals surface area (Å²) in [6.45, 7) is 4.39. The molecule has 0 saturated heterocycles. The molecule has 1 amide bonds. The Hall–Kier alpha value is -0.480. The average molecular weight is 242 g/mol. The smallest absolute Gasteiger partial charge is 0.224 e. The lowest BCUT2D eigenvalue weighted by Gasteiger charge is -2.27. The van der Waals surface area contributed by atoms with Crippen molar-refractivity contribution in [2.45, 2.75) is 31.7 Å². The number of nitrogens with one attached hydrogen (secondary N) is 1. The van der Waals surface area contributed by atoms with Crippen LogP contribution in [0.1, 0.15) is 25.7 Å². The summed E-state index contributed by atoms with van der Waals surface area (Å²) in [6.07, 6.45) is 6.12. The Labute approximate surface area is 102 Å². The molecule has 2 atom stereocenters. The predicted molar refractivity (Wildman–Crippen MR) is 70.5 cm³/mol. The molecule has 0 spiro atoms. The molecule has 0 aromatic rings. The molecule has 4 heteroatoms. The molecule has 0 heterocycles. The van der Waals surface area contributed by atoms with Gasteiger partial charge < -0.3 is 11.1 Å². The lowest BCUT2D eigenvalue weighted by molar-refractivity contribution is -0.126. The minimum Gasteiger partial charge on any atom is -0.355 e. The van der Waals surface area contributed by atoms with E-state index in [0.29, 0.717) is 0 Å². The van der Waals surface area contributed by atoms with E-state index < -0.39 is 0 Å². The highest BCUT2D eigenvalue weighted by molar-refractivity contribution is 7.99. The van der Waals surface area contributed by atoms with Gasteiger partial charge in [-0.2, -0.15) is 11.8 Å². The van der Waals surface area contributed by atoms with Gasteiger partial charge in [-0.05, 0) is 12.8 Å². The number of carbonyl (C=O) groups excluding carboxylic acids is 1. The van der Waals surface area contributed by atoms with Crippen molar-refractivity contribution in [2.24, 2.45) is 11.7 Å². The SMILES string of the molecule is C=CCSCCNC(=O)C1CCCCC1N. The average Bonchev–Trinajstić information content (AvgIpc) is 2.29. The lowest BCUT2D eigenvalue weighted by Crippen LogP contribution is -2.44. The number of hydrogen-bond acceptors (Lipinski definition) is 3. The van der Waals surface area contributed by atoms with Gasteiger partial charge in [0.25, 0.3) is 0 Å². The van der Waals surface area contributed by atoms with Crippen LogP contribution in [0, 0.1) is 5.92 Å². The molecule has 1 aliphatic rings. The van der Waals surface area contributed by atoms with E-state index >= 15 is 0 Å². The molecule has 16 heavy (non-hydrogen) atoms. The molecule has 92 valence electrons. The van der Waals surface area contributed by atoms with Crippen molar-refractivity contribution >= 4 is 17.7 Å². The summed E-state index contributed by atoms with van der Waals surface area (Å²) in [5.41, 5.74) is 5.95. The molecule has 0 aromatic carbocycles. The van der Waals surface area contributed by atoms with E-state index in [4.69, 9.17) is 5.73 Å². The van der Waals surface area contributed by atoms with Gasteiger partial charge in [-0.15, -0.1) is 6.58 Å². The quantitative estimate of drug-likeness (QED) is 0.549. The van der Waals surface area contributed by atoms with Gasteiger partial charge in [0.05, 0.1) is 5.92 Å². The summed E-state index contributed by atoms with van der Waals surface area (Å²) in [7, 11) is 0. The summed E-state index contributed by atoms with van der Waals surface area (Å²) in [6, 6.07) is 0.0644. The Kier molecular flexibility index (Phi) is 6.57. The van der Waals surface area contributed by atoms with Crippen molar-refractivity contribution in [3.63, 3.8) is 0 Å². The third-order valence-corrected chi connectivity index (χ3v) is 3.90. The number of carbonyl (C=O) groups is 1. The fourth-order valence-corrected chi connectivity index (χ4v) is 2.61. The molecular formula is C12H22N2OS. The van der Waals surface area contributed by atoms with E-state index in [1.54, 1.807) is 11.8 Å². The fraction of sp³-hybridized carbons (Fsp3) is 0.750. The fourth-order valence-electron chi connectivity index (χ4n) is 2.03. The van der Waals surface area contributed by atoms with Gasteiger partial charge in [0.1, 0.15) is 0 Å². The van der Waals surface area contributed by atoms with Crippen molar-refractivity contribution < 1.29 is 4.79 Å². The number of amides is 1. The molecule has 1 fully saturated rings. The van der Waals surface area contributed by atoms with Crippen LogP contribution in [0.5, 0.6) is 0 Å². The maximum atomic E-state index is 11.8. The van der Waals surface area contributed by atoms with Crippen LogP contribution in [0.2, 0.25) is 0 Å². The number of thioether (sulfide) groups is 1. The summed E-state index contributed by atoms with van der Waals surface area (Å²) >= 11 is 1.78. The van der Waals surface area contributed by atoms with Gasteiger partial charge in [-0.1, -0.05) is 18.9 Å². The van der Waals surface area contributed by atoms with Crippen molar-refractivity contribution in [3.8, 4) is 0 Å². The largest absolute Gasteiger partial charge is 0.355 e. The molecule has 2 unspecified atom stereocenters. The standard InChI is InChI=1S/C12H22N2OS/c1-2-8-16-9-7-14-12(15)10-5-3-4-6-11(10)13/h2,10-11H,1,3-9,13H2,(H,14,15). The normalized spacial score (nSPS) is 25.1. The van der Waals surface area contributed by atoms with Gasteiger partial charge in [-0.25, -0.2) is 0 Å². The van der Waals surface area contributed by atoms with Crippen LogP contribution in [0.25, 0.3) is 0 Å². The Bertz CT molecular complexity index is 233. The second-order valence-electron chi connectivity index (χ2n) is 4.21. The molecule has 0 radical (unpaired) electrons. The van der Waals surface area contributed by atoms with Gasteiger partial charge in [0.15, 0.2) is 0 Å². The molecule has 1 aliphatic carbocycles. The van der Waals surface area contributed by atoms with Crippen LogP contribution in [-0.2, 0) is 4.79 Å². The van der Waals surface area contributed by atoms with Crippen LogP contribution in [-0.4, -0.2) is 30.0 Å². The van der Waals surface area contributed by atoms with E-state index in [9.17, 15) is 4.79 Å². The zero-order chi connectivity index (χ0) is 11.8. The third kappa shape index (κ3) is 4.58. The first-order valence-corrected chi connectivity index (χ1v) is 7.13. The van der Waals surface area contributed by atoms with Crippen LogP contribution < -0.4 is 11.1 Å². The van der Waals surface area contributed by atoms with Crippen LogP contribution in [0.4, 0.5) is 0 Å². The minimum atomic E-state index is 0.0400. The Balaban J connectivity index is 2.15. The zero-order valence-electron chi connectivity index (χ0n) is 9.78. The molecule has 0 bridgehead atoms. The second kappa shape index (κ2) is 7.74. The van der Waals surface area contributed by atoms with E-state index in [2.05, 4.69) is 11.9 Å². The Morgan fingerprint density at radius 3 is 2.94 bits per heavy atom. The predicted octanol–water partition coefficient (Wildman–Crippen LogP) is 1.54. The Morgan fingerprint density at radius 1 is 1.50 bits per heavy atom. The first kappa shape index (κ1) is 13.6. The maximum Gasteiger partial charge on any atom is 0.224 e. The van der Waals surface area contributed by atoms with Gasteiger partial charge in [0, 0.05) is 24.1 Å². The molecule has 3 nitrogen and oxygen atoms in total. The highest BCUT2D eigenvalue weighted by atomic mass is 32.2. The molecule has 1 rings (SSSR count). The van der Waals surface area contributed by atoms with Crippen LogP contribution >= 0.6 is 11.8 Å². The van der Waals surface area contributed by atoms with Gasteiger partial charge in [-0.3, -0.25) is 4.79 Å². The van der Waals surface area contributed by atoms with Crippen molar-refractivity contribution in [1.29, 1.82) is 0 Å². The van der Waals surface area contributed by atoms with E-state index in [0.717, 1.165) is 37.3 Å². The first-order chi connectivity index (χ1) is 7.75. The second-order valence-corrected chi connectivity index (χ2v) is 5.36. The number of rotatable bonds is 6. The van der Waals surface area contributed by atoms with E-state index in [1.807, 2.05) is 6.08 Å². The van der Waals surface area contributed by atoms with Crippen molar-refractivity contribution in [1.82, 2.24) is 5.32 Å². The monoisotopic (exact) mass is 242 g/mol. The molecular weight excluding hydrogens is 220 g/mol. The summed E-state index contributed by atoms with van der Waals surface area (Å²) in [5, 5.41) is 2.97. The molecule has 0 aromatic heterocycles. The molecule has 0 aliphatic heterocycles. The minimum absolute atomic E-state index is 0.0400. The topological polar surface area (TPSA) is 55.1 Å². The van der Waals surface area contributed by atoms with E-state index in [-0.39, 0.29) is 17.9 Å². The van der Waals surface area contributed by atoms with E-state index in [1.165, 1.54) is 6.42 Å². The Morgan fingerprint density at radius 2 is 2.25 bits per heavy atom. The zero-order valence-corrected chi connectivity index (χ0v) is 10.6. The van der Waals surface area contributed by atoms with Crippen molar-refractivity contribution in [2.75, 3.05) is 18.1 Å². The highest BCUT2D eigenvalue weighted by Gasteiger charge is 2.27. The third-order valence-electron chi connectivity index (χ3n) is 2.94. The summed E-state index contributed by atoms with van der Waals surface area (Å²) in [4.78, 5) is 11.8. The van der Waals surface area contributed by atoms with Crippen molar-refractivity contribution in [3.05, 3.63) is 12.7 Å². The van der Waals surface area contributed by atoms with Crippen LogP contribution in [0.3, 0.4) is 0 Å². The number of hydrogen-bond donors (Lipinski definition) is 2. The highest BCUT2D eigenvalue weighted by Crippen LogP contribution is 2.22. The molecule has 1 saturated carbocycles. The maximum absolute atomic E-state index is 11.8. The first-order valence-electron chi connectivity index (χ1n) is 5.97. The summed E-state index contributed by atoms with van der Waals surface area (Å²) in [5.74, 6) is 2.07. The van der Waals surface area contributed by atoms with Gasteiger partial charge in [0.2, 0.25) is 5.91 Å². The number of nitrogens with two attached hydrogens (primary N) is 1. The summed E-state index contributed by atoms with van der Waals surface area (Å²) < 4.78 is 0. The van der Waals surface area contributed by atoms with Gasteiger partial charge >= 0.3 is 0 Å². The van der Waals surface area contributed by atoms with Crippen LogP contribution in [0.15, 0.2) is 12.7 Å². The lowest BCUT2D eigenvalue weighted by atomic mass is 9.84. The molecule has 3 N–H and O–H groups in total.